The summed E-state index contributed by atoms with van der Waals surface area (Å²) >= 11 is 2.07. The molecule has 1 aromatic carbocycles. The van der Waals surface area contributed by atoms with E-state index >= 15 is 0 Å². The number of aromatic nitrogens is 1. The van der Waals surface area contributed by atoms with E-state index in [-0.39, 0.29) is 5.88 Å². The van der Waals surface area contributed by atoms with Gasteiger partial charge in [-0.05, 0) is 40.8 Å². The van der Waals surface area contributed by atoms with Crippen molar-refractivity contribution in [3.8, 4) is 11.6 Å². The average molecular weight is 365 g/mol. The van der Waals surface area contributed by atoms with E-state index in [1.807, 2.05) is 12.1 Å². The molecule has 0 aliphatic heterocycles. The smallest absolute Gasteiger partial charge is 0.417 e. The summed E-state index contributed by atoms with van der Waals surface area (Å²) < 4.78 is 43.2. The van der Waals surface area contributed by atoms with E-state index in [1.165, 1.54) is 6.07 Å². The second-order valence-corrected chi connectivity index (χ2v) is 4.58. The van der Waals surface area contributed by atoms with E-state index in [0.717, 1.165) is 15.8 Å². The minimum atomic E-state index is -4.38. The molecule has 0 saturated carbocycles. The third kappa shape index (κ3) is 3.12. The Morgan fingerprint density at radius 2 is 1.78 bits per heavy atom. The van der Waals surface area contributed by atoms with Crippen molar-refractivity contribution in [3.63, 3.8) is 0 Å². The molecule has 0 saturated heterocycles. The van der Waals surface area contributed by atoms with Crippen LogP contribution in [-0.4, -0.2) is 4.98 Å². The van der Waals surface area contributed by atoms with Gasteiger partial charge in [0.05, 0.1) is 9.13 Å². The van der Waals surface area contributed by atoms with Crippen molar-refractivity contribution in [2.75, 3.05) is 0 Å². The maximum Gasteiger partial charge on any atom is 0.417 e. The zero-order chi connectivity index (χ0) is 13.2. The van der Waals surface area contributed by atoms with Gasteiger partial charge in [-0.2, -0.15) is 13.2 Å². The zero-order valence-electron chi connectivity index (χ0n) is 8.91. The first kappa shape index (κ1) is 13.1. The van der Waals surface area contributed by atoms with Gasteiger partial charge < -0.3 is 4.74 Å². The summed E-state index contributed by atoms with van der Waals surface area (Å²) in [5.41, 5.74) is -0.794. The molecule has 0 amide bonds. The highest BCUT2D eigenvalue weighted by Gasteiger charge is 2.30. The quantitative estimate of drug-likeness (QED) is 0.732. The lowest BCUT2D eigenvalue weighted by Gasteiger charge is -2.08. The van der Waals surface area contributed by atoms with Crippen LogP contribution >= 0.6 is 22.6 Å². The number of halogens is 4. The Kier molecular flexibility index (Phi) is 3.74. The molecule has 0 fully saturated rings. The molecule has 0 bridgehead atoms. The largest absolute Gasteiger partial charge is 0.438 e. The molecule has 0 spiro atoms. The minimum Gasteiger partial charge on any atom is -0.438 e. The molecular weight excluding hydrogens is 358 g/mol. The normalized spacial score (nSPS) is 11.3. The zero-order valence-corrected chi connectivity index (χ0v) is 11.1. The summed E-state index contributed by atoms with van der Waals surface area (Å²) in [5.74, 6) is 0.692. The standard InChI is InChI=1S/C12H7F3INO/c13-12(14,15)8-5-6-11(17-7-8)18-10-4-2-1-3-9(10)16/h1-7H. The predicted octanol–water partition coefficient (Wildman–Crippen LogP) is 4.50. The average Bonchev–Trinajstić information content (AvgIpc) is 2.32. The maximum atomic E-state index is 12.3. The van der Waals surface area contributed by atoms with Gasteiger partial charge >= 0.3 is 6.18 Å². The molecule has 6 heteroatoms. The van der Waals surface area contributed by atoms with Crippen molar-refractivity contribution < 1.29 is 17.9 Å². The fourth-order valence-corrected chi connectivity index (χ4v) is 1.75. The SMILES string of the molecule is FC(F)(F)c1ccc(Oc2ccccc2I)nc1. The van der Waals surface area contributed by atoms with Crippen molar-refractivity contribution in [1.29, 1.82) is 0 Å². The molecule has 0 radical (unpaired) electrons. The summed E-state index contributed by atoms with van der Waals surface area (Å²) in [4.78, 5) is 3.64. The lowest BCUT2D eigenvalue weighted by Crippen LogP contribution is -2.05. The lowest BCUT2D eigenvalue weighted by molar-refractivity contribution is -0.137. The van der Waals surface area contributed by atoms with Crippen LogP contribution in [0.25, 0.3) is 0 Å². The summed E-state index contributed by atoms with van der Waals surface area (Å²) in [6.07, 6.45) is -3.63. The Morgan fingerprint density at radius 1 is 1.06 bits per heavy atom. The van der Waals surface area contributed by atoms with E-state index < -0.39 is 11.7 Å². The highest BCUT2D eigenvalue weighted by molar-refractivity contribution is 14.1. The molecule has 1 aromatic heterocycles. The van der Waals surface area contributed by atoms with Gasteiger partial charge in [0.25, 0.3) is 0 Å². The second-order valence-electron chi connectivity index (χ2n) is 3.42. The first-order valence-electron chi connectivity index (χ1n) is 4.92. The molecule has 0 N–H and O–H groups in total. The summed E-state index contributed by atoms with van der Waals surface area (Å²) in [6.45, 7) is 0. The van der Waals surface area contributed by atoms with E-state index in [2.05, 4.69) is 27.6 Å². The molecule has 18 heavy (non-hydrogen) atoms. The number of rotatable bonds is 2. The molecular formula is C12H7F3INO. The van der Waals surface area contributed by atoms with Crippen molar-refractivity contribution in [3.05, 3.63) is 51.7 Å². The lowest BCUT2D eigenvalue weighted by atomic mass is 10.3. The van der Waals surface area contributed by atoms with E-state index in [9.17, 15) is 13.2 Å². The molecule has 1 heterocycles. The van der Waals surface area contributed by atoms with Crippen molar-refractivity contribution in [2.24, 2.45) is 0 Å². The number of hydrogen-bond acceptors (Lipinski definition) is 2. The van der Waals surface area contributed by atoms with Gasteiger partial charge in [-0.3, -0.25) is 0 Å². The van der Waals surface area contributed by atoms with Crippen molar-refractivity contribution in [2.45, 2.75) is 6.18 Å². The van der Waals surface area contributed by atoms with E-state index in [4.69, 9.17) is 4.74 Å². The topological polar surface area (TPSA) is 22.1 Å². The van der Waals surface area contributed by atoms with Gasteiger partial charge in [0.1, 0.15) is 5.75 Å². The van der Waals surface area contributed by atoms with Crippen molar-refractivity contribution >= 4 is 22.6 Å². The Hall–Kier alpha value is -1.31. The van der Waals surface area contributed by atoms with Gasteiger partial charge in [-0.25, -0.2) is 4.98 Å². The van der Waals surface area contributed by atoms with Crippen molar-refractivity contribution in [1.82, 2.24) is 4.98 Å². The highest BCUT2D eigenvalue weighted by Crippen LogP contribution is 2.30. The van der Waals surface area contributed by atoms with Crippen LogP contribution in [0, 0.1) is 3.57 Å². The Bertz CT molecular complexity index is 540. The van der Waals surface area contributed by atoms with Crippen LogP contribution in [0.4, 0.5) is 13.2 Å². The van der Waals surface area contributed by atoms with Crippen LogP contribution in [0.15, 0.2) is 42.6 Å². The fraction of sp³-hybridized carbons (Fsp3) is 0.0833. The van der Waals surface area contributed by atoms with Gasteiger partial charge in [-0.15, -0.1) is 0 Å². The molecule has 2 aromatic rings. The first-order valence-corrected chi connectivity index (χ1v) is 6.00. The number of alkyl halides is 3. The van der Waals surface area contributed by atoms with E-state index in [1.54, 1.807) is 12.1 Å². The molecule has 0 unspecified atom stereocenters. The predicted molar refractivity (Wildman–Crippen MR) is 68.5 cm³/mol. The van der Waals surface area contributed by atoms with Gasteiger partial charge in [0, 0.05) is 12.3 Å². The second kappa shape index (κ2) is 5.13. The van der Waals surface area contributed by atoms with Crippen LogP contribution in [-0.2, 0) is 6.18 Å². The summed E-state index contributed by atoms with van der Waals surface area (Å²) in [7, 11) is 0. The monoisotopic (exact) mass is 365 g/mol. The van der Waals surface area contributed by atoms with Crippen LogP contribution in [0.5, 0.6) is 11.6 Å². The highest BCUT2D eigenvalue weighted by atomic mass is 127. The van der Waals surface area contributed by atoms with E-state index in [0.29, 0.717) is 5.75 Å². The Balaban J connectivity index is 2.19. The van der Waals surface area contributed by atoms with Gasteiger partial charge in [0.2, 0.25) is 5.88 Å². The number of benzene rings is 1. The molecule has 0 atom stereocenters. The molecule has 0 aliphatic carbocycles. The third-order valence-corrected chi connectivity index (χ3v) is 3.01. The van der Waals surface area contributed by atoms with Crippen LogP contribution in [0.3, 0.4) is 0 Å². The van der Waals surface area contributed by atoms with Gasteiger partial charge in [0.15, 0.2) is 0 Å². The number of nitrogens with zero attached hydrogens (tertiary/aromatic N) is 1. The Morgan fingerprint density at radius 3 is 2.33 bits per heavy atom. The number of ether oxygens (including phenoxy) is 1. The van der Waals surface area contributed by atoms with Crippen LogP contribution < -0.4 is 4.74 Å². The number of para-hydroxylation sites is 1. The fourth-order valence-electron chi connectivity index (χ4n) is 1.25. The minimum absolute atomic E-state index is 0.132. The molecule has 2 rings (SSSR count). The first-order chi connectivity index (χ1) is 8.47. The number of hydrogen-bond donors (Lipinski definition) is 0. The summed E-state index contributed by atoms with van der Waals surface area (Å²) in [5, 5.41) is 0. The van der Waals surface area contributed by atoms with Crippen LogP contribution in [0.1, 0.15) is 5.56 Å². The maximum absolute atomic E-state index is 12.3. The molecule has 94 valence electrons. The van der Waals surface area contributed by atoms with Gasteiger partial charge in [-0.1, -0.05) is 12.1 Å². The van der Waals surface area contributed by atoms with Crippen LogP contribution in [0.2, 0.25) is 0 Å². The Labute approximate surface area is 115 Å². The number of pyridine rings is 1. The molecule has 2 nitrogen and oxygen atoms in total. The third-order valence-electron chi connectivity index (χ3n) is 2.11. The summed E-state index contributed by atoms with van der Waals surface area (Å²) in [6, 6.07) is 9.32. The molecule has 0 aliphatic rings.